The number of nitrogens with zero attached hydrogens (tertiary/aromatic N) is 1. The van der Waals surface area contributed by atoms with E-state index >= 15 is 0 Å². The maximum absolute atomic E-state index is 12.5. The Morgan fingerprint density at radius 3 is 2.71 bits per heavy atom. The average molecular weight is 293 g/mol. The lowest BCUT2D eigenvalue weighted by Crippen LogP contribution is -2.57. The van der Waals surface area contributed by atoms with Gasteiger partial charge < -0.3 is 19.2 Å². The standard InChI is InChI=1S/C15H19NO5/c1-2-11-10(14(18)19)8-12(21-11)13(17)16-6-7-20-15(9-16)4-3-5-15/h8H,2-7,9H2,1H3,(H,18,19). The smallest absolute Gasteiger partial charge is 0.339 e. The number of aromatic carboxylic acids is 1. The van der Waals surface area contributed by atoms with Crippen LogP contribution in [0, 0.1) is 0 Å². The summed E-state index contributed by atoms with van der Waals surface area (Å²) in [4.78, 5) is 25.4. The first kappa shape index (κ1) is 14.1. The van der Waals surface area contributed by atoms with Gasteiger partial charge in [0.25, 0.3) is 5.91 Å². The van der Waals surface area contributed by atoms with Crippen molar-refractivity contribution in [2.75, 3.05) is 19.7 Å². The molecule has 1 spiro atoms. The van der Waals surface area contributed by atoms with Crippen LogP contribution in [0.3, 0.4) is 0 Å². The molecule has 1 saturated heterocycles. The molecule has 0 atom stereocenters. The first-order chi connectivity index (χ1) is 10.0. The Hall–Kier alpha value is -1.82. The van der Waals surface area contributed by atoms with Crippen molar-refractivity contribution in [2.45, 2.75) is 38.2 Å². The van der Waals surface area contributed by atoms with E-state index in [1.54, 1.807) is 11.8 Å². The molecule has 21 heavy (non-hydrogen) atoms. The Kier molecular flexibility index (Phi) is 3.49. The summed E-state index contributed by atoms with van der Waals surface area (Å²) in [6.07, 6.45) is 3.54. The van der Waals surface area contributed by atoms with Crippen molar-refractivity contribution in [3.63, 3.8) is 0 Å². The zero-order valence-corrected chi connectivity index (χ0v) is 12.1. The minimum Gasteiger partial charge on any atom is -0.478 e. The molecule has 1 aromatic rings. The number of hydrogen-bond acceptors (Lipinski definition) is 4. The van der Waals surface area contributed by atoms with E-state index in [2.05, 4.69) is 0 Å². The number of carbonyl (C=O) groups is 2. The summed E-state index contributed by atoms with van der Waals surface area (Å²) in [5.41, 5.74) is -0.101. The molecule has 2 fully saturated rings. The molecule has 0 radical (unpaired) electrons. The minimum absolute atomic E-state index is 0.0764. The van der Waals surface area contributed by atoms with Crippen molar-refractivity contribution in [3.8, 4) is 0 Å². The lowest BCUT2D eigenvalue weighted by atomic mass is 9.79. The average Bonchev–Trinajstić information content (AvgIpc) is 2.89. The maximum atomic E-state index is 12.5. The van der Waals surface area contributed by atoms with Crippen molar-refractivity contribution in [1.82, 2.24) is 4.90 Å². The summed E-state index contributed by atoms with van der Waals surface area (Å²) < 4.78 is 11.2. The van der Waals surface area contributed by atoms with E-state index in [9.17, 15) is 9.59 Å². The third-order valence-corrected chi connectivity index (χ3v) is 4.37. The molecule has 1 N–H and O–H groups in total. The molecule has 1 aliphatic carbocycles. The number of carbonyl (C=O) groups excluding carboxylic acids is 1. The predicted molar refractivity (Wildman–Crippen MR) is 73.5 cm³/mol. The lowest BCUT2D eigenvalue weighted by molar-refractivity contribution is -0.142. The largest absolute Gasteiger partial charge is 0.478 e. The number of hydrogen-bond donors (Lipinski definition) is 1. The van der Waals surface area contributed by atoms with Gasteiger partial charge >= 0.3 is 5.97 Å². The highest BCUT2D eigenvalue weighted by Crippen LogP contribution is 2.38. The molecule has 1 aromatic heterocycles. The molecule has 6 nitrogen and oxygen atoms in total. The second kappa shape index (κ2) is 5.18. The van der Waals surface area contributed by atoms with E-state index in [-0.39, 0.29) is 22.8 Å². The van der Waals surface area contributed by atoms with Crippen LogP contribution < -0.4 is 0 Å². The number of morpholine rings is 1. The molecule has 1 saturated carbocycles. The highest BCUT2D eigenvalue weighted by molar-refractivity contribution is 5.96. The zero-order chi connectivity index (χ0) is 15.0. The summed E-state index contributed by atoms with van der Waals surface area (Å²) in [6, 6.07) is 1.34. The molecular weight excluding hydrogens is 274 g/mol. The Balaban J connectivity index is 1.80. The number of aryl methyl sites for hydroxylation is 1. The van der Waals surface area contributed by atoms with E-state index < -0.39 is 5.97 Å². The van der Waals surface area contributed by atoms with Crippen molar-refractivity contribution in [3.05, 3.63) is 23.2 Å². The summed E-state index contributed by atoms with van der Waals surface area (Å²) in [5.74, 6) is -0.850. The first-order valence-corrected chi connectivity index (χ1v) is 7.34. The fraction of sp³-hybridized carbons (Fsp3) is 0.600. The predicted octanol–water partition coefficient (Wildman–Crippen LogP) is 1.94. The maximum Gasteiger partial charge on any atom is 0.339 e. The number of carboxylic acids is 1. The van der Waals surface area contributed by atoms with Crippen LogP contribution in [0.1, 0.15) is 52.9 Å². The van der Waals surface area contributed by atoms with E-state index in [0.29, 0.717) is 31.9 Å². The Bertz CT molecular complexity index is 573. The highest BCUT2D eigenvalue weighted by Gasteiger charge is 2.43. The molecule has 0 bridgehead atoms. The van der Waals surface area contributed by atoms with Crippen LogP contribution in [-0.2, 0) is 11.2 Å². The monoisotopic (exact) mass is 293 g/mol. The van der Waals surface area contributed by atoms with Gasteiger partial charge in [0.1, 0.15) is 11.3 Å². The summed E-state index contributed by atoms with van der Waals surface area (Å²) in [6.45, 7) is 3.41. The number of rotatable bonds is 3. The van der Waals surface area contributed by atoms with Crippen LogP contribution in [-0.4, -0.2) is 47.2 Å². The normalized spacial score (nSPS) is 20.3. The molecule has 2 aliphatic rings. The van der Waals surface area contributed by atoms with E-state index in [0.717, 1.165) is 19.3 Å². The molecule has 0 aromatic carbocycles. The first-order valence-electron chi connectivity index (χ1n) is 7.34. The molecule has 114 valence electrons. The molecule has 3 rings (SSSR count). The molecule has 1 amide bonds. The van der Waals surface area contributed by atoms with Gasteiger partial charge in [-0.25, -0.2) is 4.79 Å². The summed E-state index contributed by atoms with van der Waals surface area (Å²) in [7, 11) is 0. The minimum atomic E-state index is -1.06. The topological polar surface area (TPSA) is 80.0 Å². The lowest BCUT2D eigenvalue weighted by Gasteiger charge is -2.48. The highest BCUT2D eigenvalue weighted by atomic mass is 16.5. The fourth-order valence-electron chi connectivity index (χ4n) is 3.03. The second-order valence-corrected chi connectivity index (χ2v) is 5.72. The zero-order valence-electron chi connectivity index (χ0n) is 12.1. The Morgan fingerprint density at radius 1 is 1.43 bits per heavy atom. The Morgan fingerprint density at radius 2 is 2.19 bits per heavy atom. The summed E-state index contributed by atoms with van der Waals surface area (Å²) in [5, 5.41) is 9.13. The number of carboxylic acid groups (broad SMARTS) is 1. The van der Waals surface area contributed by atoms with Crippen LogP contribution in [0.2, 0.25) is 0 Å². The molecule has 0 unspecified atom stereocenters. The molecule has 6 heteroatoms. The van der Waals surface area contributed by atoms with Crippen LogP contribution in [0.25, 0.3) is 0 Å². The van der Waals surface area contributed by atoms with Crippen molar-refractivity contribution in [2.24, 2.45) is 0 Å². The van der Waals surface area contributed by atoms with Gasteiger partial charge in [-0.3, -0.25) is 4.79 Å². The van der Waals surface area contributed by atoms with Crippen LogP contribution in [0.5, 0.6) is 0 Å². The number of furan rings is 1. The molecule has 2 heterocycles. The van der Waals surface area contributed by atoms with Crippen LogP contribution in [0.4, 0.5) is 0 Å². The van der Waals surface area contributed by atoms with Gasteiger partial charge in [-0.05, 0) is 19.3 Å². The van der Waals surface area contributed by atoms with Crippen LogP contribution >= 0.6 is 0 Å². The van der Waals surface area contributed by atoms with Gasteiger partial charge in [0.2, 0.25) is 0 Å². The number of amides is 1. The second-order valence-electron chi connectivity index (χ2n) is 5.72. The van der Waals surface area contributed by atoms with Gasteiger partial charge in [-0.1, -0.05) is 6.92 Å². The van der Waals surface area contributed by atoms with E-state index in [4.69, 9.17) is 14.3 Å². The van der Waals surface area contributed by atoms with E-state index in [1.807, 2.05) is 0 Å². The van der Waals surface area contributed by atoms with Gasteiger partial charge in [0.05, 0.1) is 18.8 Å². The van der Waals surface area contributed by atoms with Gasteiger partial charge in [0, 0.05) is 19.0 Å². The molecular formula is C15H19NO5. The fourth-order valence-corrected chi connectivity index (χ4v) is 3.03. The van der Waals surface area contributed by atoms with Gasteiger partial charge in [-0.2, -0.15) is 0 Å². The third-order valence-electron chi connectivity index (χ3n) is 4.37. The third kappa shape index (κ3) is 2.44. The SMILES string of the molecule is CCc1oc(C(=O)N2CCOC3(CCC3)C2)cc1C(=O)O. The number of ether oxygens (including phenoxy) is 1. The van der Waals surface area contributed by atoms with Crippen molar-refractivity contribution in [1.29, 1.82) is 0 Å². The van der Waals surface area contributed by atoms with Crippen LogP contribution in [0.15, 0.2) is 10.5 Å². The van der Waals surface area contributed by atoms with Crippen molar-refractivity contribution < 1.29 is 23.8 Å². The van der Waals surface area contributed by atoms with Gasteiger partial charge in [0.15, 0.2) is 5.76 Å². The Labute approximate surface area is 122 Å². The van der Waals surface area contributed by atoms with Gasteiger partial charge in [-0.15, -0.1) is 0 Å². The van der Waals surface area contributed by atoms with E-state index in [1.165, 1.54) is 6.07 Å². The molecule has 1 aliphatic heterocycles. The van der Waals surface area contributed by atoms with Crippen molar-refractivity contribution >= 4 is 11.9 Å². The quantitative estimate of drug-likeness (QED) is 0.921. The summed E-state index contributed by atoms with van der Waals surface area (Å²) >= 11 is 0.